The van der Waals surface area contributed by atoms with E-state index < -0.39 is 46.5 Å². The topological polar surface area (TPSA) is 30.5 Å². The van der Waals surface area contributed by atoms with Crippen LogP contribution in [0.4, 0.5) is 35.1 Å². The van der Waals surface area contributed by atoms with Crippen LogP contribution in [0.5, 0.6) is 0 Å². The third-order valence-corrected chi connectivity index (χ3v) is 16.4. The molecule has 4 saturated heterocycles. The number of halogens is 9. The molecule has 4 aliphatic heterocycles. The zero-order valence-corrected chi connectivity index (χ0v) is 46.6. The van der Waals surface area contributed by atoms with Gasteiger partial charge in [-0.25, -0.2) is 35.1 Å². The molecule has 4 nitrogen and oxygen atoms in total. The van der Waals surface area contributed by atoms with Crippen molar-refractivity contribution in [1.82, 2.24) is 20.4 Å². The molecule has 2 unspecified atom stereocenters. The van der Waals surface area contributed by atoms with E-state index >= 15 is 0 Å². The molecule has 4 fully saturated rings. The van der Waals surface area contributed by atoms with Gasteiger partial charge in [-0.15, -0.1) is 0 Å². The molecule has 7 aromatic carbocycles. The molecule has 13 heteroatoms. The lowest BCUT2D eigenvalue weighted by atomic mass is 9.81. The molecule has 78 heavy (non-hydrogen) atoms. The summed E-state index contributed by atoms with van der Waals surface area (Å²) in [5.74, 6) is -5.79. The Morgan fingerprint density at radius 1 is 0.372 bits per heavy atom. The van der Waals surface area contributed by atoms with E-state index in [1.807, 2.05) is 82.3 Å². The Kier molecular flexibility index (Phi) is 21.1. The van der Waals surface area contributed by atoms with E-state index in [-0.39, 0.29) is 21.7 Å². The highest BCUT2D eigenvalue weighted by molar-refractivity contribution is 9.08. The number of likely N-dealkylation sites (tertiary alicyclic amines) is 2. The fourth-order valence-corrected chi connectivity index (χ4v) is 11.4. The Hall–Kier alpha value is -5.70. The maximum absolute atomic E-state index is 14.1. The average Bonchev–Trinajstić information content (AvgIpc) is 4.27. The standard InChI is InChI=1S/2C18H19F2N.2C11H13F2N.C7H7Br/c2*1-18(15-8-5-9-16(19)17(15)20)10-11-21(13-18)12-14-6-3-2-4-7-14;2*1-11(5-6-14-7-11)8-3-2-4-9(12)10(8)13;8-6-7-4-2-1-3-5-7/h2*2-9H,10-13H2,1H3;2*2-4,14H,5-7H2,1H3;1-5H,6H2/t18-;;11-;;/m0.0../s1. The Balaban J connectivity index is 0.000000146. The second-order valence-corrected chi connectivity index (χ2v) is 22.6. The van der Waals surface area contributed by atoms with Crippen LogP contribution in [0.3, 0.4) is 0 Å². The Morgan fingerprint density at radius 3 is 0.936 bits per heavy atom. The highest BCUT2D eigenvalue weighted by Gasteiger charge is 2.40. The fourth-order valence-electron chi connectivity index (χ4n) is 11.0. The largest absolute Gasteiger partial charge is 0.316 e. The lowest BCUT2D eigenvalue weighted by molar-refractivity contribution is 0.305. The molecule has 0 bridgehead atoms. The van der Waals surface area contributed by atoms with Crippen molar-refractivity contribution in [2.75, 3.05) is 52.4 Å². The van der Waals surface area contributed by atoms with Crippen molar-refractivity contribution in [3.63, 3.8) is 0 Å². The van der Waals surface area contributed by atoms with E-state index in [0.717, 1.165) is 95.5 Å². The van der Waals surface area contributed by atoms with Gasteiger partial charge < -0.3 is 10.6 Å². The maximum atomic E-state index is 14.1. The van der Waals surface area contributed by atoms with Crippen LogP contribution in [0.15, 0.2) is 164 Å². The Labute approximate surface area is 464 Å². The molecule has 0 radical (unpaired) electrons. The zero-order valence-electron chi connectivity index (χ0n) is 45.0. The second kappa shape index (κ2) is 27.4. The summed E-state index contributed by atoms with van der Waals surface area (Å²) in [6, 6.07) is 48.5. The fraction of sp³-hybridized carbons (Fsp3) is 0.354. The number of hydrogen-bond donors (Lipinski definition) is 2. The molecule has 0 aliphatic carbocycles. The summed E-state index contributed by atoms with van der Waals surface area (Å²) in [6.07, 6.45) is 3.40. The van der Waals surface area contributed by atoms with Crippen LogP contribution >= 0.6 is 15.9 Å². The van der Waals surface area contributed by atoms with Gasteiger partial charge in [0.1, 0.15) is 0 Å². The molecule has 414 valence electrons. The van der Waals surface area contributed by atoms with Gasteiger partial charge >= 0.3 is 0 Å². The van der Waals surface area contributed by atoms with Crippen molar-refractivity contribution in [1.29, 1.82) is 0 Å². The first-order valence-corrected chi connectivity index (χ1v) is 27.8. The van der Waals surface area contributed by atoms with Gasteiger partial charge in [-0.2, -0.15) is 0 Å². The van der Waals surface area contributed by atoms with Gasteiger partial charge in [-0.05, 0) is 115 Å². The molecular formula is C65H71BrF8N4. The molecule has 0 aromatic heterocycles. The van der Waals surface area contributed by atoms with E-state index in [2.05, 4.69) is 72.8 Å². The molecule has 4 heterocycles. The first-order valence-electron chi connectivity index (χ1n) is 26.7. The molecule has 2 N–H and O–H groups in total. The van der Waals surface area contributed by atoms with Gasteiger partial charge in [0, 0.05) is 66.3 Å². The first-order chi connectivity index (χ1) is 37.4. The molecule has 4 atom stereocenters. The summed E-state index contributed by atoms with van der Waals surface area (Å²) in [7, 11) is 0. The summed E-state index contributed by atoms with van der Waals surface area (Å²) in [4.78, 5) is 4.61. The predicted octanol–water partition coefficient (Wildman–Crippen LogP) is 15.3. The molecule has 0 saturated carbocycles. The van der Waals surface area contributed by atoms with Crippen molar-refractivity contribution in [2.45, 2.75) is 93.5 Å². The second-order valence-electron chi connectivity index (χ2n) is 22.0. The maximum Gasteiger partial charge on any atom is 0.162 e. The lowest BCUT2D eigenvalue weighted by Crippen LogP contribution is -2.29. The third kappa shape index (κ3) is 15.4. The van der Waals surface area contributed by atoms with Gasteiger partial charge in [0.2, 0.25) is 0 Å². The van der Waals surface area contributed by atoms with Gasteiger partial charge in [0.15, 0.2) is 46.5 Å². The molecule has 11 rings (SSSR count). The van der Waals surface area contributed by atoms with Gasteiger partial charge in [0.05, 0.1) is 0 Å². The van der Waals surface area contributed by atoms with Crippen molar-refractivity contribution < 1.29 is 35.1 Å². The van der Waals surface area contributed by atoms with Gasteiger partial charge in [-0.3, -0.25) is 9.80 Å². The van der Waals surface area contributed by atoms with Gasteiger partial charge in [-0.1, -0.05) is 183 Å². The SMILES string of the molecule is BrCc1ccccc1.CC1(c2cccc(F)c2F)CCN(Cc2ccccc2)C1.CC1(c2cccc(F)c2F)CCNC1.C[C@]1(c2cccc(F)c2F)CCN(Cc2ccccc2)C1.C[C@]1(c2cccc(F)c2F)CCNC1. The number of hydrogen-bond acceptors (Lipinski definition) is 4. The van der Waals surface area contributed by atoms with Crippen molar-refractivity contribution in [3.8, 4) is 0 Å². The predicted molar refractivity (Wildman–Crippen MR) is 302 cm³/mol. The smallest absolute Gasteiger partial charge is 0.162 e. The van der Waals surface area contributed by atoms with Crippen molar-refractivity contribution >= 4 is 15.9 Å². The summed E-state index contributed by atoms with van der Waals surface area (Å²) in [5.41, 5.74) is 4.65. The van der Waals surface area contributed by atoms with Crippen LogP contribution in [0.1, 0.15) is 92.3 Å². The summed E-state index contributed by atoms with van der Waals surface area (Å²) in [6.45, 7) is 16.2. The number of rotatable bonds is 9. The van der Waals surface area contributed by atoms with E-state index in [4.69, 9.17) is 0 Å². The van der Waals surface area contributed by atoms with E-state index in [0.29, 0.717) is 35.3 Å². The van der Waals surface area contributed by atoms with Crippen LogP contribution < -0.4 is 10.6 Å². The van der Waals surface area contributed by atoms with E-state index in [9.17, 15) is 35.1 Å². The van der Waals surface area contributed by atoms with Crippen LogP contribution in [0.25, 0.3) is 0 Å². The highest BCUT2D eigenvalue weighted by atomic mass is 79.9. The first kappa shape index (κ1) is 60.0. The molecule has 0 amide bonds. The summed E-state index contributed by atoms with van der Waals surface area (Å²) < 4.78 is 108. The van der Waals surface area contributed by atoms with Gasteiger partial charge in [0.25, 0.3) is 0 Å². The number of benzene rings is 7. The van der Waals surface area contributed by atoms with Crippen molar-refractivity contribution in [3.05, 3.63) is 249 Å². The average molecular weight is 1140 g/mol. The zero-order chi connectivity index (χ0) is 55.9. The van der Waals surface area contributed by atoms with Crippen LogP contribution in [0, 0.1) is 46.5 Å². The van der Waals surface area contributed by atoms with Crippen LogP contribution in [0.2, 0.25) is 0 Å². The van der Waals surface area contributed by atoms with E-state index in [1.165, 1.54) is 28.8 Å². The summed E-state index contributed by atoms with van der Waals surface area (Å²) in [5, 5.41) is 7.29. The third-order valence-electron chi connectivity index (χ3n) is 15.7. The normalized spacial score (nSPS) is 22.7. The van der Waals surface area contributed by atoms with Crippen molar-refractivity contribution in [2.24, 2.45) is 0 Å². The monoisotopic (exact) mass is 1140 g/mol. The molecular weight excluding hydrogens is 1070 g/mol. The number of alkyl halides is 1. The van der Waals surface area contributed by atoms with Crippen LogP contribution in [-0.4, -0.2) is 62.2 Å². The summed E-state index contributed by atoms with van der Waals surface area (Å²) >= 11 is 3.36. The quantitative estimate of drug-likeness (QED) is 0.111. The minimum atomic E-state index is -0.754. The molecule has 4 aliphatic rings. The lowest BCUT2D eigenvalue weighted by Gasteiger charge is -2.26. The number of nitrogens with zero attached hydrogens (tertiary/aromatic N) is 2. The Bertz CT molecular complexity index is 2810. The highest BCUT2D eigenvalue weighted by Crippen LogP contribution is 2.39. The molecule has 7 aromatic rings. The minimum absolute atomic E-state index is 0.258. The minimum Gasteiger partial charge on any atom is -0.316 e. The Morgan fingerprint density at radius 2 is 0.667 bits per heavy atom. The molecule has 0 spiro atoms. The number of nitrogens with one attached hydrogen (secondary N) is 2. The van der Waals surface area contributed by atoms with Crippen LogP contribution in [-0.2, 0) is 40.1 Å². The van der Waals surface area contributed by atoms with E-state index in [1.54, 1.807) is 48.5 Å².